The van der Waals surface area contributed by atoms with Crippen molar-refractivity contribution in [2.75, 3.05) is 32.1 Å². The number of phenols is 1. The standard InChI is InChI=1S/C17H28N2O/c1-14-5-4-10-17(11-14,12-18-2)13-19(3)15-6-8-16(20)9-7-15/h6-9,14,18,20H,4-5,10-13H2,1-3H3. The van der Waals surface area contributed by atoms with E-state index in [0.29, 0.717) is 11.2 Å². The van der Waals surface area contributed by atoms with E-state index in [0.717, 1.165) is 19.0 Å². The van der Waals surface area contributed by atoms with Gasteiger partial charge in [-0.25, -0.2) is 0 Å². The molecule has 1 aromatic carbocycles. The van der Waals surface area contributed by atoms with Crippen LogP contribution in [0, 0.1) is 11.3 Å². The van der Waals surface area contributed by atoms with Crippen LogP contribution in [0.4, 0.5) is 5.69 Å². The molecule has 3 heteroatoms. The van der Waals surface area contributed by atoms with Gasteiger partial charge in [-0.05, 0) is 50.1 Å². The molecule has 0 saturated heterocycles. The molecule has 2 N–H and O–H groups in total. The molecule has 0 radical (unpaired) electrons. The summed E-state index contributed by atoms with van der Waals surface area (Å²) >= 11 is 0. The van der Waals surface area contributed by atoms with Crippen LogP contribution in [0.1, 0.15) is 32.6 Å². The zero-order valence-corrected chi connectivity index (χ0v) is 13.0. The van der Waals surface area contributed by atoms with Gasteiger partial charge in [0.25, 0.3) is 0 Å². The van der Waals surface area contributed by atoms with E-state index in [2.05, 4.69) is 31.2 Å². The average Bonchev–Trinajstić information content (AvgIpc) is 2.39. The topological polar surface area (TPSA) is 35.5 Å². The number of aromatic hydroxyl groups is 1. The van der Waals surface area contributed by atoms with Crippen LogP contribution in [0.2, 0.25) is 0 Å². The van der Waals surface area contributed by atoms with Crippen molar-refractivity contribution in [2.45, 2.75) is 32.6 Å². The minimum Gasteiger partial charge on any atom is -0.508 e. The fourth-order valence-corrected chi connectivity index (χ4v) is 3.81. The quantitative estimate of drug-likeness (QED) is 0.866. The van der Waals surface area contributed by atoms with Crippen molar-refractivity contribution in [3.63, 3.8) is 0 Å². The fraction of sp³-hybridized carbons (Fsp3) is 0.647. The maximum absolute atomic E-state index is 9.40. The first-order valence-corrected chi connectivity index (χ1v) is 7.69. The van der Waals surface area contributed by atoms with Gasteiger partial charge in [-0.3, -0.25) is 0 Å². The molecule has 1 aromatic rings. The highest BCUT2D eigenvalue weighted by Gasteiger charge is 2.35. The lowest BCUT2D eigenvalue weighted by molar-refractivity contribution is 0.152. The summed E-state index contributed by atoms with van der Waals surface area (Å²) in [6, 6.07) is 7.52. The summed E-state index contributed by atoms with van der Waals surface area (Å²) in [5.74, 6) is 1.16. The first-order valence-electron chi connectivity index (χ1n) is 7.69. The van der Waals surface area contributed by atoms with Gasteiger partial charge in [0.2, 0.25) is 0 Å². The van der Waals surface area contributed by atoms with Crippen LogP contribution in [0.25, 0.3) is 0 Å². The highest BCUT2D eigenvalue weighted by molar-refractivity contribution is 5.48. The van der Waals surface area contributed by atoms with Crippen molar-refractivity contribution < 1.29 is 5.11 Å². The second-order valence-corrected chi connectivity index (χ2v) is 6.60. The average molecular weight is 276 g/mol. The Morgan fingerprint density at radius 1 is 1.35 bits per heavy atom. The molecule has 0 bridgehead atoms. The van der Waals surface area contributed by atoms with Crippen molar-refractivity contribution in [1.82, 2.24) is 5.32 Å². The minimum absolute atomic E-state index is 0.332. The summed E-state index contributed by atoms with van der Waals surface area (Å²) in [5.41, 5.74) is 1.55. The Labute approximate surface area is 123 Å². The predicted octanol–water partition coefficient (Wildman–Crippen LogP) is 3.24. The second-order valence-electron chi connectivity index (χ2n) is 6.60. The van der Waals surface area contributed by atoms with E-state index < -0.39 is 0 Å². The van der Waals surface area contributed by atoms with Gasteiger partial charge < -0.3 is 15.3 Å². The molecule has 2 atom stereocenters. The van der Waals surface area contributed by atoms with Crippen LogP contribution >= 0.6 is 0 Å². The van der Waals surface area contributed by atoms with Crippen LogP contribution < -0.4 is 10.2 Å². The van der Waals surface area contributed by atoms with Crippen molar-refractivity contribution >= 4 is 5.69 Å². The van der Waals surface area contributed by atoms with E-state index in [9.17, 15) is 5.11 Å². The molecule has 2 rings (SSSR count). The summed E-state index contributed by atoms with van der Waals surface area (Å²) < 4.78 is 0. The number of rotatable bonds is 5. The predicted molar refractivity (Wildman–Crippen MR) is 85.4 cm³/mol. The van der Waals surface area contributed by atoms with E-state index in [1.807, 2.05) is 12.1 Å². The summed E-state index contributed by atoms with van der Waals surface area (Å²) in [7, 11) is 4.21. The van der Waals surface area contributed by atoms with E-state index in [-0.39, 0.29) is 0 Å². The molecule has 1 aliphatic carbocycles. The van der Waals surface area contributed by atoms with Crippen LogP contribution in [-0.2, 0) is 0 Å². The molecule has 0 aliphatic heterocycles. The van der Waals surface area contributed by atoms with E-state index in [1.54, 1.807) is 12.1 Å². The Kier molecular flexibility index (Phi) is 4.92. The third-order valence-corrected chi connectivity index (χ3v) is 4.60. The number of nitrogens with one attached hydrogen (secondary N) is 1. The number of hydrogen-bond donors (Lipinski definition) is 2. The van der Waals surface area contributed by atoms with Crippen LogP contribution in [-0.4, -0.2) is 32.3 Å². The van der Waals surface area contributed by atoms with Crippen molar-refractivity contribution in [1.29, 1.82) is 0 Å². The lowest BCUT2D eigenvalue weighted by Gasteiger charge is -2.43. The maximum atomic E-state index is 9.40. The van der Waals surface area contributed by atoms with Crippen molar-refractivity contribution in [2.24, 2.45) is 11.3 Å². The molecule has 0 spiro atoms. The SMILES string of the molecule is CNCC1(CN(C)c2ccc(O)cc2)CCCC(C)C1. The van der Waals surface area contributed by atoms with E-state index >= 15 is 0 Å². The highest BCUT2D eigenvalue weighted by atomic mass is 16.3. The first kappa shape index (κ1) is 15.2. The molecule has 3 nitrogen and oxygen atoms in total. The molecule has 1 fully saturated rings. The summed E-state index contributed by atoms with van der Waals surface area (Å²) in [5, 5.41) is 12.8. The number of benzene rings is 1. The largest absolute Gasteiger partial charge is 0.508 e. The molecule has 0 heterocycles. The van der Waals surface area contributed by atoms with Crippen molar-refractivity contribution in [3.8, 4) is 5.75 Å². The number of phenolic OH excluding ortho intramolecular Hbond substituents is 1. The monoisotopic (exact) mass is 276 g/mol. The zero-order valence-electron chi connectivity index (χ0n) is 13.0. The summed E-state index contributed by atoms with van der Waals surface area (Å²) in [6.45, 7) is 4.53. The molecule has 0 aromatic heterocycles. The third-order valence-electron chi connectivity index (χ3n) is 4.60. The molecule has 20 heavy (non-hydrogen) atoms. The van der Waals surface area contributed by atoms with Gasteiger partial charge in [-0.15, -0.1) is 0 Å². The normalized spacial score (nSPS) is 26.4. The molecule has 1 saturated carbocycles. The van der Waals surface area contributed by atoms with Gasteiger partial charge in [-0.1, -0.05) is 19.8 Å². The Hall–Kier alpha value is -1.22. The molecule has 1 aliphatic rings. The minimum atomic E-state index is 0.332. The van der Waals surface area contributed by atoms with Gasteiger partial charge in [-0.2, -0.15) is 0 Å². The van der Waals surface area contributed by atoms with Crippen LogP contribution in [0.15, 0.2) is 24.3 Å². The van der Waals surface area contributed by atoms with Crippen LogP contribution in [0.3, 0.4) is 0 Å². The number of hydrogen-bond acceptors (Lipinski definition) is 3. The highest BCUT2D eigenvalue weighted by Crippen LogP contribution is 2.40. The van der Waals surface area contributed by atoms with Crippen LogP contribution in [0.5, 0.6) is 5.75 Å². The Bertz CT molecular complexity index is 414. The Morgan fingerprint density at radius 3 is 2.65 bits per heavy atom. The zero-order chi connectivity index (χ0) is 14.6. The second kappa shape index (κ2) is 6.49. The number of anilines is 1. The first-order chi connectivity index (χ1) is 9.54. The smallest absolute Gasteiger partial charge is 0.115 e. The molecular formula is C17H28N2O. The lowest BCUT2D eigenvalue weighted by atomic mass is 9.69. The lowest BCUT2D eigenvalue weighted by Crippen LogP contribution is -2.45. The maximum Gasteiger partial charge on any atom is 0.115 e. The van der Waals surface area contributed by atoms with Gasteiger partial charge in [0.15, 0.2) is 0 Å². The van der Waals surface area contributed by atoms with E-state index in [1.165, 1.54) is 31.4 Å². The van der Waals surface area contributed by atoms with E-state index in [4.69, 9.17) is 0 Å². The number of nitrogens with zero attached hydrogens (tertiary/aromatic N) is 1. The van der Waals surface area contributed by atoms with Gasteiger partial charge >= 0.3 is 0 Å². The molecule has 0 amide bonds. The van der Waals surface area contributed by atoms with Crippen molar-refractivity contribution in [3.05, 3.63) is 24.3 Å². The van der Waals surface area contributed by atoms with Gasteiger partial charge in [0, 0.05) is 31.2 Å². The fourth-order valence-electron chi connectivity index (χ4n) is 3.81. The molecule has 112 valence electrons. The Morgan fingerprint density at radius 2 is 2.05 bits per heavy atom. The Balaban J connectivity index is 2.09. The summed E-state index contributed by atoms with van der Waals surface area (Å²) in [6.07, 6.45) is 5.32. The third kappa shape index (κ3) is 3.66. The summed E-state index contributed by atoms with van der Waals surface area (Å²) in [4.78, 5) is 2.33. The molecule has 2 unspecified atom stereocenters. The molecular weight excluding hydrogens is 248 g/mol. The van der Waals surface area contributed by atoms with Gasteiger partial charge in [0.05, 0.1) is 0 Å². The van der Waals surface area contributed by atoms with Gasteiger partial charge in [0.1, 0.15) is 5.75 Å².